The van der Waals surface area contributed by atoms with E-state index in [0.717, 1.165) is 11.3 Å². The number of hydrogen-bond donors (Lipinski definition) is 1. The van der Waals surface area contributed by atoms with Crippen LogP contribution in [-0.2, 0) is 9.53 Å². The molecule has 1 aromatic rings. The van der Waals surface area contributed by atoms with Gasteiger partial charge in [0, 0.05) is 11.3 Å². The fourth-order valence-corrected chi connectivity index (χ4v) is 2.39. The third kappa shape index (κ3) is 2.26. The Hall–Kier alpha value is -1.19. The highest BCUT2D eigenvalue weighted by Crippen LogP contribution is 2.37. The van der Waals surface area contributed by atoms with Crippen molar-refractivity contribution in [1.82, 2.24) is 0 Å². The summed E-state index contributed by atoms with van der Waals surface area (Å²) in [5, 5.41) is 3.35. The predicted molar refractivity (Wildman–Crippen MR) is 69.1 cm³/mol. The molecule has 0 spiro atoms. The number of halogens is 2. The van der Waals surface area contributed by atoms with Crippen LogP contribution in [0.4, 0.5) is 5.69 Å². The van der Waals surface area contributed by atoms with E-state index in [1.54, 1.807) is 6.92 Å². The number of hydrogen-bond acceptors (Lipinski definition) is 3. The zero-order valence-corrected chi connectivity index (χ0v) is 10.7. The molecule has 1 aliphatic heterocycles. The summed E-state index contributed by atoms with van der Waals surface area (Å²) < 4.78 is 4.93. The average molecular weight is 272 g/mol. The largest absolute Gasteiger partial charge is 0.462 e. The maximum Gasteiger partial charge on any atom is 0.338 e. The Balaban J connectivity index is 2.47. The van der Waals surface area contributed by atoms with Crippen LogP contribution in [0.3, 0.4) is 0 Å². The molecule has 1 unspecified atom stereocenters. The fourth-order valence-electron chi connectivity index (χ4n) is 1.67. The van der Waals surface area contributed by atoms with E-state index in [-0.39, 0.29) is 12.2 Å². The Labute approximate surface area is 109 Å². The van der Waals surface area contributed by atoms with Gasteiger partial charge >= 0.3 is 5.97 Å². The minimum Gasteiger partial charge on any atom is -0.462 e. The maximum atomic E-state index is 11.7. The molecule has 2 rings (SSSR count). The molecule has 0 saturated carbocycles. The summed E-state index contributed by atoms with van der Waals surface area (Å²) >= 11 is 12.3. The first-order valence-electron chi connectivity index (χ1n) is 5.22. The van der Waals surface area contributed by atoms with Gasteiger partial charge in [-0.3, -0.25) is 0 Å². The first kappa shape index (κ1) is 12.3. The van der Waals surface area contributed by atoms with Crippen LogP contribution in [0.5, 0.6) is 0 Å². The van der Waals surface area contributed by atoms with Crippen molar-refractivity contribution in [3.05, 3.63) is 35.4 Å². The summed E-state index contributed by atoms with van der Waals surface area (Å²) in [6.45, 7) is 2.03. The summed E-state index contributed by atoms with van der Waals surface area (Å²) in [6.07, 6.45) is 0. The van der Waals surface area contributed by atoms with Crippen LogP contribution in [0, 0.1) is 0 Å². The Morgan fingerprint density at radius 3 is 2.88 bits per heavy atom. The number of para-hydroxylation sites is 1. The highest BCUT2D eigenvalue weighted by Gasteiger charge is 2.29. The standard InChI is InChI=1S/C12H11Cl2NO2/c1-2-17-12(16)9-10(13)7-5-3-4-6-8(7)15-11(9)14/h3-6,11,15H,2H2,1H3. The third-order valence-corrected chi connectivity index (χ3v) is 3.17. The number of benzene rings is 1. The second kappa shape index (κ2) is 4.98. The van der Waals surface area contributed by atoms with Crippen molar-refractivity contribution in [3.63, 3.8) is 0 Å². The van der Waals surface area contributed by atoms with Gasteiger partial charge in [0.25, 0.3) is 0 Å². The number of nitrogens with one attached hydrogen (secondary N) is 1. The van der Waals surface area contributed by atoms with Crippen molar-refractivity contribution in [2.75, 3.05) is 11.9 Å². The van der Waals surface area contributed by atoms with Gasteiger partial charge in [-0.25, -0.2) is 4.79 Å². The summed E-state index contributed by atoms with van der Waals surface area (Å²) in [6, 6.07) is 7.40. The summed E-state index contributed by atoms with van der Waals surface area (Å²) in [7, 11) is 0. The van der Waals surface area contributed by atoms with Crippen LogP contribution < -0.4 is 5.32 Å². The number of alkyl halides is 1. The normalized spacial score (nSPS) is 18.4. The molecule has 0 fully saturated rings. The first-order valence-corrected chi connectivity index (χ1v) is 6.03. The monoisotopic (exact) mass is 271 g/mol. The molecular weight excluding hydrogens is 261 g/mol. The minimum atomic E-state index is -0.670. The van der Waals surface area contributed by atoms with Gasteiger partial charge < -0.3 is 10.1 Å². The van der Waals surface area contributed by atoms with Crippen LogP contribution >= 0.6 is 23.2 Å². The van der Waals surface area contributed by atoms with Crippen LogP contribution in [0.1, 0.15) is 12.5 Å². The average Bonchev–Trinajstić information content (AvgIpc) is 2.29. The molecule has 0 radical (unpaired) electrons. The molecular formula is C12H11Cl2NO2. The Kier molecular flexibility index (Phi) is 3.60. The zero-order chi connectivity index (χ0) is 12.4. The molecule has 0 aromatic heterocycles. The van der Waals surface area contributed by atoms with Crippen LogP contribution in [-0.4, -0.2) is 18.1 Å². The molecule has 0 bridgehead atoms. The lowest BCUT2D eigenvalue weighted by atomic mass is 10.0. The molecule has 1 atom stereocenters. The molecule has 0 saturated heterocycles. The number of anilines is 1. The SMILES string of the molecule is CCOC(=O)C1=C(Cl)c2ccccc2NC1Cl. The molecule has 0 amide bonds. The van der Waals surface area contributed by atoms with Crippen LogP contribution in [0.2, 0.25) is 0 Å². The van der Waals surface area contributed by atoms with Gasteiger partial charge in [0.15, 0.2) is 0 Å². The topological polar surface area (TPSA) is 38.3 Å². The van der Waals surface area contributed by atoms with E-state index in [0.29, 0.717) is 5.03 Å². The van der Waals surface area contributed by atoms with E-state index < -0.39 is 11.5 Å². The predicted octanol–water partition coefficient (Wildman–Crippen LogP) is 3.19. The highest BCUT2D eigenvalue weighted by molar-refractivity contribution is 6.53. The van der Waals surface area contributed by atoms with Gasteiger partial charge in [0.2, 0.25) is 0 Å². The lowest BCUT2D eigenvalue weighted by Crippen LogP contribution is -2.27. The third-order valence-electron chi connectivity index (χ3n) is 2.43. The number of rotatable bonds is 2. The van der Waals surface area contributed by atoms with Gasteiger partial charge in [-0.2, -0.15) is 0 Å². The molecule has 1 aliphatic rings. The molecule has 5 heteroatoms. The van der Waals surface area contributed by atoms with E-state index in [1.807, 2.05) is 24.3 Å². The number of carbonyl (C=O) groups excluding carboxylic acids is 1. The Morgan fingerprint density at radius 2 is 2.18 bits per heavy atom. The first-order chi connectivity index (χ1) is 8.15. The fraction of sp³-hybridized carbons (Fsp3) is 0.250. The van der Waals surface area contributed by atoms with Crippen molar-refractivity contribution in [3.8, 4) is 0 Å². The number of esters is 1. The van der Waals surface area contributed by atoms with Gasteiger partial charge in [-0.05, 0) is 13.0 Å². The summed E-state index contributed by atoms with van der Waals surface area (Å²) in [5.74, 6) is -0.487. The second-order valence-corrected chi connectivity index (χ2v) is 4.32. The van der Waals surface area contributed by atoms with Crippen molar-refractivity contribution in [2.24, 2.45) is 0 Å². The molecule has 17 heavy (non-hydrogen) atoms. The molecule has 3 nitrogen and oxygen atoms in total. The Bertz CT molecular complexity index is 485. The minimum absolute atomic E-state index is 0.258. The van der Waals surface area contributed by atoms with Crippen molar-refractivity contribution in [2.45, 2.75) is 12.4 Å². The molecule has 1 N–H and O–H groups in total. The number of ether oxygens (including phenoxy) is 1. The molecule has 0 aliphatic carbocycles. The number of carbonyl (C=O) groups is 1. The highest BCUT2D eigenvalue weighted by atomic mass is 35.5. The summed E-state index contributed by atoms with van der Waals surface area (Å²) in [5.41, 5.74) is 1.16. The molecule has 1 heterocycles. The van der Waals surface area contributed by atoms with Crippen molar-refractivity contribution < 1.29 is 9.53 Å². The van der Waals surface area contributed by atoms with Crippen LogP contribution in [0.25, 0.3) is 5.03 Å². The van der Waals surface area contributed by atoms with E-state index in [1.165, 1.54) is 0 Å². The van der Waals surface area contributed by atoms with E-state index in [2.05, 4.69) is 5.32 Å². The van der Waals surface area contributed by atoms with Gasteiger partial charge in [0.05, 0.1) is 17.2 Å². The van der Waals surface area contributed by atoms with Crippen LogP contribution in [0.15, 0.2) is 29.8 Å². The smallest absolute Gasteiger partial charge is 0.338 e. The van der Waals surface area contributed by atoms with Gasteiger partial charge in [-0.1, -0.05) is 41.4 Å². The Morgan fingerprint density at radius 1 is 1.47 bits per heavy atom. The lowest BCUT2D eigenvalue weighted by Gasteiger charge is -2.24. The second-order valence-electron chi connectivity index (χ2n) is 3.50. The van der Waals surface area contributed by atoms with Gasteiger partial charge in [0.1, 0.15) is 5.50 Å². The lowest BCUT2D eigenvalue weighted by molar-refractivity contribution is -0.138. The summed E-state index contributed by atoms with van der Waals surface area (Å²) in [4.78, 5) is 11.7. The molecule has 1 aromatic carbocycles. The van der Waals surface area contributed by atoms with Crippen molar-refractivity contribution in [1.29, 1.82) is 0 Å². The molecule has 90 valence electrons. The van der Waals surface area contributed by atoms with E-state index in [4.69, 9.17) is 27.9 Å². The zero-order valence-electron chi connectivity index (χ0n) is 9.17. The number of fused-ring (bicyclic) bond motifs is 1. The maximum absolute atomic E-state index is 11.7. The van der Waals surface area contributed by atoms with E-state index >= 15 is 0 Å². The quantitative estimate of drug-likeness (QED) is 0.510. The van der Waals surface area contributed by atoms with Gasteiger partial charge in [-0.15, -0.1) is 0 Å². The van der Waals surface area contributed by atoms with Crippen molar-refractivity contribution >= 4 is 39.9 Å². The van der Waals surface area contributed by atoms with E-state index in [9.17, 15) is 4.79 Å².